The van der Waals surface area contributed by atoms with E-state index in [2.05, 4.69) is 10.1 Å². The lowest BCUT2D eigenvalue weighted by Crippen LogP contribution is -2.41. The maximum absolute atomic E-state index is 12.0. The van der Waals surface area contributed by atoms with Gasteiger partial charge < -0.3 is 14.8 Å². The first-order valence-electron chi connectivity index (χ1n) is 8.23. The normalized spacial score (nSPS) is 10.9. The van der Waals surface area contributed by atoms with E-state index < -0.39 is 31.1 Å². The molecule has 0 aliphatic heterocycles. The molecule has 0 saturated carbocycles. The van der Waals surface area contributed by atoms with Crippen LogP contribution < -0.4 is 15.4 Å². The Morgan fingerprint density at radius 1 is 1.15 bits per heavy atom. The Labute approximate surface area is 155 Å². The largest absolute Gasteiger partial charge is 0.452 e. The van der Waals surface area contributed by atoms with Crippen molar-refractivity contribution in [3.8, 4) is 5.75 Å². The van der Waals surface area contributed by atoms with E-state index >= 15 is 0 Å². The van der Waals surface area contributed by atoms with Crippen molar-refractivity contribution in [1.29, 1.82) is 0 Å². The summed E-state index contributed by atoms with van der Waals surface area (Å²) in [6.07, 6.45) is 3.22. The fourth-order valence-electron chi connectivity index (χ4n) is 1.79. The van der Waals surface area contributed by atoms with Gasteiger partial charge in [-0.1, -0.05) is 26.0 Å². The van der Waals surface area contributed by atoms with Crippen LogP contribution in [0.1, 0.15) is 25.8 Å². The van der Waals surface area contributed by atoms with E-state index in [9.17, 15) is 23.2 Å². The van der Waals surface area contributed by atoms with Crippen molar-refractivity contribution in [3.05, 3.63) is 35.9 Å². The van der Waals surface area contributed by atoms with Crippen LogP contribution in [0.15, 0.2) is 30.3 Å². The van der Waals surface area contributed by atoms with Crippen LogP contribution in [-0.4, -0.2) is 37.7 Å². The second-order valence-corrected chi connectivity index (χ2v) is 5.88. The molecule has 0 heterocycles. The Hall–Kier alpha value is -2.97. The van der Waals surface area contributed by atoms with E-state index in [-0.39, 0.29) is 5.75 Å². The molecule has 1 rings (SSSR count). The van der Waals surface area contributed by atoms with Crippen molar-refractivity contribution >= 4 is 24.0 Å². The molecule has 7 nitrogen and oxygen atoms in total. The number of imide groups is 1. The van der Waals surface area contributed by atoms with E-state index in [1.54, 1.807) is 0 Å². The van der Waals surface area contributed by atoms with Crippen molar-refractivity contribution in [2.45, 2.75) is 26.9 Å². The average Bonchev–Trinajstić information content (AvgIpc) is 2.58. The van der Waals surface area contributed by atoms with Gasteiger partial charge in [0.2, 0.25) is 0 Å². The third-order valence-electron chi connectivity index (χ3n) is 3.12. The van der Waals surface area contributed by atoms with Crippen LogP contribution in [0.3, 0.4) is 0 Å². The third kappa shape index (κ3) is 10.6. The SMILES string of the molecule is CC(C)CCNC(=O)NC(=O)COC(=O)/C=C/c1ccc(OC(F)F)cc1. The van der Waals surface area contributed by atoms with Crippen LogP contribution in [0.25, 0.3) is 6.08 Å². The Balaban J connectivity index is 2.32. The smallest absolute Gasteiger partial charge is 0.387 e. The molecule has 0 fully saturated rings. The monoisotopic (exact) mass is 384 g/mol. The first-order chi connectivity index (χ1) is 12.8. The molecule has 0 atom stereocenters. The zero-order chi connectivity index (χ0) is 20.2. The first kappa shape index (κ1) is 22.1. The van der Waals surface area contributed by atoms with E-state index in [0.717, 1.165) is 12.5 Å². The van der Waals surface area contributed by atoms with Gasteiger partial charge in [-0.25, -0.2) is 9.59 Å². The van der Waals surface area contributed by atoms with Crippen molar-refractivity contribution in [2.75, 3.05) is 13.2 Å². The minimum absolute atomic E-state index is 0.00642. The van der Waals surface area contributed by atoms with Crippen LogP contribution >= 0.6 is 0 Å². The molecule has 148 valence electrons. The predicted molar refractivity (Wildman–Crippen MR) is 94.1 cm³/mol. The van der Waals surface area contributed by atoms with Crippen molar-refractivity contribution < 1.29 is 32.6 Å². The van der Waals surface area contributed by atoms with Gasteiger partial charge in [-0.15, -0.1) is 0 Å². The van der Waals surface area contributed by atoms with Crippen LogP contribution in [0.2, 0.25) is 0 Å². The second kappa shape index (κ2) is 11.6. The summed E-state index contributed by atoms with van der Waals surface area (Å²) in [4.78, 5) is 34.5. The quantitative estimate of drug-likeness (QED) is 0.504. The molecule has 27 heavy (non-hydrogen) atoms. The molecule has 3 amide bonds. The van der Waals surface area contributed by atoms with Crippen molar-refractivity contribution in [2.24, 2.45) is 5.92 Å². The number of urea groups is 1. The summed E-state index contributed by atoms with van der Waals surface area (Å²) in [5.74, 6) is -1.14. The molecular formula is C18H22F2N2O5. The molecule has 0 spiro atoms. The van der Waals surface area contributed by atoms with Gasteiger partial charge >= 0.3 is 18.6 Å². The highest BCUT2D eigenvalue weighted by atomic mass is 19.3. The van der Waals surface area contributed by atoms with Crippen molar-refractivity contribution in [1.82, 2.24) is 10.6 Å². The number of amides is 3. The number of benzene rings is 1. The lowest BCUT2D eigenvalue weighted by atomic mass is 10.1. The number of nitrogens with one attached hydrogen (secondary N) is 2. The summed E-state index contributed by atoms with van der Waals surface area (Å²) in [5, 5.41) is 4.55. The molecule has 1 aromatic rings. The van der Waals surface area contributed by atoms with Gasteiger partial charge in [-0.3, -0.25) is 10.1 Å². The van der Waals surface area contributed by atoms with Crippen molar-refractivity contribution in [3.63, 3.8) is 0 Å². The Bertz CT molecular complexity index is 660. The van der Waals surface area contributed by atoms with E-state index in [4.69, 9.17) is 4.74 Å². The molecule has 0 unspecified atom stereocenters. The number of ether oxygens (including phenoxy) is 2. The van der Waals surface area contributed by atoms with Gasteiger partial charge in [0.15, 0.2) is 6.61 Å². The van der Waals surface area contributed by atoms with E-state index in [1.807, 2.05) is 19.2 Å². The van der Waals surface area contributed by atoms with Crippen LogP contribution in [-0.2, 0) is 14.3 Å². The lowest BCUT2D eigenvalue weighted by molar-refractivity contribution is -0.143. The zero-order valence-electron chi connectivity index (χ0n) is 15.0. The number of rotatable bonds is 9. The second-order valence-electron chi connectivity index (χ2n) is 5.88. The van der Waals surface area contributed by atoms with Gasteiger partial charge in [0.25, 0.3) is 5.91 Å². The highest BCUT2D eigenvalue weighted by Gasteiger charge is 2.09. The lowest BCUT2D eigenvalue weighted by Gasteiger charge is -2.08. The average molecular weight is 384 g/mol. The number of alkyl halides is 2. The minimum atomic E-state index is -2.91. The fraction of sp³-hybridized carbons (Fsp3) is 0.389. The molecule has 1 aromatic carbocycles. The number of esters is 1. The fourth-order valence-corrected chi connectivity index (χ4v) is 1.79. The van der Waals surface area contributed by atoms with E-state index in [1.165, 1.54) is 30.3 Å². The number of halogens is 2. The van der Waals surface area contributed by atoms with Gasteiger partial charge in [0, 0.05) is 12.6 Å². The molecular weight excluding hydrogens is 362 g/mol. The molecule has 0 aliphatic rings. The zero-order valence-corrected chi connectivity index (χ0v) is 15.0. The summed E-state index contributed by atoms with van der Waals surface area (Å²) in [5.41, 5.74) is 0.544. The first-order valence-corrected chi connectivity index (χ1v) is 8.23. The third-order valence-corrected chi connectivity index (χ3v) is 3.12. The van der Waals surface area contributed by atoms with Gasteiger partial charge in [0.1, 0.15) is 5.75 Å². The summed E-state index contributed by atoms with van der Waals surface area (Å²) in [6, 6.07) is 4.93. The highest BCUT2D eigenvalue weighted by molar-refractivity contribution is 5.96. The number of carbonyl (C=O) groups is 3. The Morgan fingerprint density at radius 2 is 1.81 bits per heavy atom. The molecule has 2 N–H and O–H groups in total. The van der Waals surface area contributed by atoms with Gasteiger partial charge in [-0.2, -0.15) is 8.78 Å². The van der Waals surface area contributed by atoms with Crippen LogP contribution in [0, 0.1) is 5.92 Å². The molecule has 9 heteroatoms. The number of hydrogen-bond acceptors (Lipinski definition) is 5. The predicted octanol–water partition coefficient (Wildman–Crippen LogP) is 2.72. The summed E-state index contributed by atoms with van der Waals surface area (Å²) in [6.45, 7) is 0.916. The standard InChI is InChI=1S/C18H22F2N2O5/c1-12(2)9-10-21-18(25)22-15(23)11-26-16(24)8-5-13-3-6-14(7-4-13)27-17(19)20/h3-8,12,17H,9-11H2,1-2H3,(H2,21,22,23,25)/b8-5+. The topological polar surface area (TPSA) is 93.7 Å². The molecule has 0 bridgehead atoms. The molecule has 0 radical (unpaired) electrons. The summed E-state index contributed by atoms with van der Waals surface area (Å²) in [7, 11) is 0. The minimum Gasteiger partial charge on any atom is -0.452 e. The Kier molecular flexibility index (Phi) is 9.49. The number of carbonyl (C=O) groups excluding carboxylic acids is 3. The van der Waals surface area contributed by atoms with Crippen LogP contribution in [0.4, 0.5) is 13.6 Å². The van der Waals surface area contributed by atoms with Gasteiger partial charge in [-0.05, 0) is 36.1 Å². The highest BCUT2D eigenvalue weighted by Crippen LogP contribution is 2.15. The maximum atomic E-state index is 12.0. The Morgan fingerprint density at radius 3 is 2.41 bits per heavy atom. The van der Waals surface area contributed by atoms with E-state index in [0.29, 0.717) is 18.0 Å². The summed E-state index contributed by atoms with van der Waals surface area (Å²) >= 11 is 0. The number of hydrogen-bond donors (Lipinski definition) is 2. The summed E-state index contributed by atoms with van der Waals surface area (Å²) < 4.78 is 33.0. The maximum Gasteiger partial charge on any atom is 0.387 e. The molecule has 0 saturated heterocycles. The molecule has 0 aliphatic carbocycles. The van der Waals surface area contributed by atoms with Gasteiger partial charge in [0.05, 0.1) is 0 Å². The molecule has 0 aromatic heterocycles. The van der Waals surface area contributed by atoms with Crippen LogP contribution in [0.5, 0.6) is 5.75 Å².